The van der Waals surface area contributed by atoms with E-state index in [0.717, 1.165) is 40.4 Å². The Labute approximate surface area is 186 Å². The number of aromatic nitrogens is 1. The maximum absolute atomic E-state index is 13.2. The van der Waals surface area contributed by atoms with Crippen molar-refractivity contribution in [1.82, 2.24) is 9.71 Å². The first-order valence-corrected chi connectivity index (χ1v) is 11.9. The van der Waals surface area contributed by atoms with Gasteiger partial charge in [0.2, 0.25) is 15.9 Å². The van der Waals surface area contributed by atoms with Gasteiger partial charge in [-0.3, -0.25) is 4.79 Å². The third kappa shape index (κ3) is 3.59. The molecule has 0 aliphatic heterocycles. The standard InChI is InChI=1S/C25H23N3O3S/c1-26-32(30,31)22-8-5-17(6-9-22)18-3-2-4-21(16-18)28-24(29)25(12-13-25)20-7-10-23-19(15-20)11-14-27-23/h2-11,14-16,26-27H,12-13H2,1H3,(H,28,29). The van der Waals surface area contributed by atoms with Crippen LogP contribution in [0.3, 0.4) is 0 Å². The fourth-order valence-electron chi connectivity index (χ4n) is 4.09. The third-order valence-electron chi connectivity index (χ3n) is 6.18. The Hall–Kier alpha value is -3.42. The van der Waals surface area contributed by atoms with Crippen LogP contribution in [0.25, 0.3) is 22.0 Å². The smallest absolute Gasteiger partial charge is 0.240 e. The molecule has 0 unspecified atom stereocenters. The van der Waals surface area contributed by atoms with Gasteiger partial charge < -0.3 is 10.3 Å². The Kier molecular flexibility index (Phi) is 4.87. The van der Waals surface area contributed by atoms with Gasteiger partial charge in [-0.2, -0.15) is 0 Å². The summed E-state index contributed by atoms with van der Waals surface area (Å²) in [6, 6.07) is 22.4. The number of anilines is 1. The molecule has 0 bridgehead atoms. The van der Waals surface area contributed by atoms with E-state index in [4.69, 9.17) is 0 Å². The number of amides is 1. The Bertz CT molecular complexity index is 1420. The van der Waals surface area contributed by atoms with Crippen molar-refractivity contribution in [2.45, 2.75) is 23.2 Å². The van der Waals surface area contributed by atoms with E-state index in [1.165, 1.54) is 7.05 Å². The minimum absolute atomic E-state index is 0.00000258. The van der Waals surface area contributed by atoms with Gasteiger partial charge in [0.05, 0.1) is 10.3 Å². The number of carbonyl (C=O) groups excluding carboxylic acids is 1. The van der Waals surface area contributed by atoms with Crippen molar-refractivity contribution in [3.05, 3.63) is 84.6 Å². The van der Waals surface area contributed by atoms with Crippen LogP contribution in [0.15, 0.2) is 83.9 Å². The molecule has 0 spiro atoms. The molecular formula is C25H23N3O3S. The van der Waals surface area contributed by atoms with Crippen LogP contribution in [0, 0.1) is 0 Å². The first-order chi connectivity index (χ1) is 15.4. The zero-order chi connectivity index (χ0) is 22.3. The molecule has 162 valence electrons. The average molecular weight is 446 g/mol. The molecule has 0 atom stereocenters. The van der Waals surface area contributed by atoms with E-state index in [-0.39, 0.29) is 10.8 Å². The lowest BCUT2D eigenvalue weighted by Crippen LogP contribution is -2.27. The summed E-state index contributed by atoms with van der Waals surface area (Å²) >= 11 is 0. The molecule has 3 aromatic carbocycles. The Morgan fingerprint density at radius 3 is 2.44 bits per heavy atom. The number of aromatic amines is 1. The summed E-state index contributed by atoms with van der Waals surface area (Å²) in [6.07, 6.45) is 3.56. The second kappa shape index (κ2) is 7.62. The number of benzene rings is 3. The Balaban J connectivity index is 1.37. The molecule has 3 N–H and O–H groups in total. The van der Waals surface area contributed by atoms with Crippen LogP contribution in [0.5, 0.6) is 0 Å². The quantitative estimate of drug-likeness (QED) is 0.410. The first-order valence-electron chi connectivity index (χ1n) is 10.4. The van der Waals surface area contributed by atoms with Crippen molar-refractivity contribution in [1.29, 1.82) is 0 Å². The second-order valence-electron chi connectivity index (χ2n) is 8.13. The molecule has 1 aliphatic carbocycles. The van der Waals surface area contributed by atoms with Crippen LogP contribution in [0.2, 0.25) is 0 Å². The molecule has 0 saturated heterocycles. The van der Waals surface area contributed by atoms with E-state index in [1.54, 1.807) is 24.3 Å². The molecule has 32 heavy (non-hydrogen) atoms. The van der Waals surface area contributed by atoms with Crippen LogP contribution in [0.1, 0.15) is 18.4 Å². The second-order valence-corrected chi connectivity index (χ2v) is 10.0. The maximum Gasteiger partial charge on any atom is 0.240 e. The van der Waals surface area contributed by atoms with Crippen molar-refractivity contribution in [3.8, 4) is 11.1 Å². The maximum atomic E-state index is 13.2. The Morgan fingerprint density at radius 2 is 1.72 bits per heavy atom. The van der Waals surface area contributed by atoms with Crippen molar-refractivity contribution in [3.63, 3.8) is 0 Å². The summed E-state index contributed by atoms with van der Waals surface area (Å²) < 4.78 is 26.2. The largest absolute Gasteiger partial charge is 0.361 e. The lowest BCUT2D eigenvalue weighted by Gasteiger charge is -2.17. The summed E-state index contributed by atoms with van der Waals surface area (Å²) in [5, 5.41) is 4.19. The highest BCUT2D eigenvalue weighted by Crippen LogP contribution is 2.49. The number of nitrogens with one attached hydrogen (secondary N) is 3. The highest BCUT2D eigenvalue weighted by atomic mass is 32.2. The molecule has 0 radical (unpaired) electrons. The number of carbonyl (C=O) groups is 1. The monoisotopic (exact) mass is 445 g/mol. The van der Waals surface area contributed by atoms with E-state index in [9.17, 15) is 13.2 Å². The highest BCUT2D eigenvalue weighted by molar-refractivity contribution is 7.89. The van der Waals surface area contributed by atoms with E-state index >= 15 is 0 Å². The summed E-state index contributed by atoms with van der Waals surface area (Å²) in [6.45, 7) is 0. The Morgan fingerprint density at radius 1 is 0.938 bits per heavy atom. The summed E-state index contributed by atoms with van der Waals surface area (Å²) in [4.78, 5) is 16.6. The van der Waals surface area contributed by atoms with Crippen molar-refractivity contribution in [2.75, 3.05) is 12.4 Å². The average Bonchev–Trinajstić information content (AvgIpc) is 3.50. The van der Waals surface area contributed by atoms with Crippen LogP contribution < -0.4 is 10.0 Å². The van der Waals surface area contributed by atoms with Crippen LogP contribution >= 0.6 is 0 Å². The fraction of sp³-hybridized carbons (Fsp3) is 0.160. The molecule has 6 nitrogen and oxygen atoms in total. The van der Waals surface area contributed by atoms with Gasteiger partial charge in [0, 0.05) is 17.4 Å². The molecule has 1 fully saturated rings. The number of hydrogen-bond acceptors (Lipinski definition) is 3. The molecule has 5 rings (SSSR count). The van der Waals surface area contributed by atoms with Crippen LogP contribution in [-0.4, -0.2) is 26.4 Å². The number of fused-ring (bicyclic) bond motifs is 1. The van der Waals surface area contributed by atoms with Crippen LogP contribution in [-0.2, 0) is 20.2 Å². The topological polar surface area (TPSA) is 91.1 Å². The third-order valence-corrected chi connectivity index (χ3v) is 7.61. The van der Waals surface area contributed by atoms with Gasteiger partial charge in [0.15, 0.2) is 0 Å². The molecular weight excluding hydrogens is 422 g/mol. The minimum atomic E-state index is -3.48. The van der Waals surface area contributed by atoms with Crippen molar-refractivity contribution < 1.29 is 13.2 Å². The number of rotatable bonds is 6. The van der Waals surface area contributed by atoms with Gasteiger partial charge in [0.25, 0.3) is 0 Å². The normalized spacial score (nSPS) is 14.9. The van der Waals surface area contributed by atoms with Gasteiger partial charge in [-0.25, -0.2) is 13.1 Å². The number of H-pyrrole nitrogens is 1. The first kappa shape index (κ1) is 20.5. The molecule has 1 amide bonds. The van der Waals surface area contributed by atoms with Gasteiger partial charge in [0.1, 0.15) is 0 Å². The molecule has 7 heteroatoms. The molecule has 1 heterocycles. The zero-order valence-corrected chi connectivity index (χ0v) is 18.4. The van der Waals surface area contributed by atoms with E-state index in [1.807, 2.05) is 48.7 Å². The van der Waals surface area contributed by atoms with Crippen molar-refractivity contribution in [2.24, 2.45) is 0 Å². The minimum Gasteiger partial charge on any atom is -0.361 e. The van der Waals surface area contributed by atoms with Gasteiger partial charge >= 0.3 is 0 Å². The molecule has 1 aromatic heterocycles. The summed E-state index contributed by atoms with van der Waals surface area (Å²) in [5.74, 6) is -0.00000258. The van der Waals surface area contributed by atoms with E-state index < -0.39 is 15.4 Å². The zero-order valence-electron chi connectivity index (χ0n) is 17.6. The van der Waals surface area contributed by atoms with E-state index in [2.05, 4.69) is 21.1 Å². The summed E-state index contributed by atoms with van der Waals surface area (Å²) in [5.41, 5.74) is 4.11. The lowest BCUT2D eigenvalue weighted by atomic mass is 9.93. The number of sulfonamides is 1. The molecule has 1 saturated carbocycles. The summed E-state index contributed by atoms with van der Waals surface area (Å²) in [7, 11) is -2.09. The van der Waals surface area contributed by atoms with E-state index in [0.29, 0.717) is 5.69 Å². The molecule has 4 aromatic rings. The predicted octanol–water partition coefficient (Wildman–Crippen LogP) is 4.41. The SMILES string of the molecule is CNS(=O)(=O)c1ccc(-c2cccc(NC(=O)C3(c4ccc5[nH]ccc5c4)CC3)c2)cc1. The van der Waals surface area contributed by atoms with Gasteiger partial charge in [-0.05, 0) is 84.4 Å². The lowest BCUT2D eigenvalue weighted by molar-refractivity contribution is -0.118. The van der Waals surface area contributed by atoms with Crippen LogP contribution in [0.4, 0.5) is 5.69 Å². The predicted molar refractivity (Wildman–Crippen MR) is 126 cm³/mol. The molecule has 1 aliphatic rings. The highest BCUT2D eigenvalue weighted by Gasteiger charge is 2.51. The van der Waals surface area contributed by atoms with Crippen molar-refractivity contribution >= 4 is 32.5 Å². The fourth-order valence-corrected chi connectivity index (χ4v) is 4.82. The van der Waals surface area contributed by atoms with Gasteiger partial charge in [-0.1, -0.05) is 30.3 Å². The number of hydrogen-bond donors (Lipinski definition) is 3. The van der Waals surface area contributed by atoms with Gasteiger partial charge in [-0.15, -0.1) is 0 Å².